The van der Waals surface area contributed by atoms with Gasteiger partial charge in [0, 0.05) is 24.3 Å². The zero-order valence-corrected chi connectivity index (χ0v) is 15.1. The maximum Gasteiger partial charge on any atom is 0.243 e. The van der Waals surface area contributed by atoms with Crippen molar-refractivity contribution in [3.05, 3.63) is 65.4 Å². The first-order valence-corrected chi connectivity index (χ1v) is 8.36. The second kappa shape index (κ2) is 7.24. The SMILES string of the molecule is Cc1cccc(C)c1NC(=O)CN(C)c1c(C#N)cnc2ccccc12. The number of nitrogens with zero attached hydrogens (tertiary/aromatic N) is 3. The van der Waals surface area contributed by atoms with E-state index in [0.29, 0.717) is 5.56 Å². The first-order chi connectivity index (χ1) is 12.5. The molecule has 26 heavy (non-hydrogen) atoms. The zero-order valence-electron chi connectivity index (χ0n) is 15.1. The van der Waals surface area contributed by atoms with Crippen LogP contribution in [0.4, 0.5) is 11.4 Å². The van der Waals surface area contributed by atoms with Gasteiger partial charge in [-0.25, -0.2) is 0 Å². The fraction of sp³-hybridized carbons (Fsp3) is 0.190. The zero-order chi connectivity index (χ0) is 18.7. The van der Waals surface area contributed by atoms with Crippen LogP contribution in [0.25, 0.3) is 10.9 Å². The van der Waals surface area contributed by atoms with E-state index in [4.69, 9.17) is 0 Å². The molecule has 0 aliphatic carbocycles. The number of hydrogen-bond acceptors (Lipinski definition) is 4. The maximum atomic E-state index is 12.6. The minimum absolute atomic E-state index is 0.130. The van der Waals surface area contributed by atoms with Crippen LogP contribution in [0.2, 0.25) is 0 Å². The van der Waals surface area contributed by atoms with E-state index in [-0.39, 0.29) is 12.5 Å². The molecule has 1 N–H and O–H groups in total. The fourth-order valence-electron chi connectivity index (χ4n) is 3.10. The van der Waals surface area contributed by atoms with Gasteiger partial charge in [0.2, 0.25) is 5.91 Å². The molecule has 0 unspecified atom stereocenters. The van der Waals surface area contributed by atoms with Crippen molar-refractivity contribution in [2.45, 2.75) is 13.8 Å². The highest BCUT2D eigenvalue weighted by molar-refractivity contribution is 5.99. The Morgan fingerprint density at radius 3 is 2.54 bits per heavy atom. The molecule has 0 atom stereocenters. The van der Waals surface area contributed by atoms with E-state index in [1.165, 1.54) is 0 Å². The molecule has 0 bridgehead atoms. The summed E-state index contributed by atoms with van der Waals surface area (Å²) >= 11 is 0. The lowest BCUT2D eigenvalue weighted by Gasteiger charge is -2.22. The van der Waals surface area contributed by atoms with E-state index in [1.54, 1.807) is 11.1 Å². The smallest absolute Gasteiger partial charge is 0.243 e. The van der Waals surface area contributed by atoms with Crippen LogP contribution in [0.3, 0.4) is 0 Å². The van der Waals surface area contributed by atoms with Gasteiger partial charge in [-0.05, 0) is 31.0 Å². The lowest BCUT2D eigenvalue weighted by atomic mass is 10.1. The number of nitrogens with one attached hydrogen (secondary N) is 1. The third-order valence-electron chi connectivity index (χ3n) is 4.38. The fourth-order valence-corrected chi connectivity index (χ4v) is 3.10. The molecule has 0 spiro atoms. The summed E-state index contributed by atoms with van der Waals surface area (Å²) in [4.78, 5) is 18.7. The van der Waals surface area contributed by atoms with Gasteiger partial charge in [0.25, 0.3) is 0 Å². The van der Waals surface area contributed by atoms with Crippen LogP contribution >= 0.6 is 0 Å². The van der Waals surface area contributed by atoms with Gasteiger partial charge in [-0.15, -0.1) is 0 Å². The van der Waals surface area contributed by atoms with Crippen molar-refractivity contribution in [1.82, 2.24) is 4.98 Å². The molecule has 0 saturated carbocycles. The summed E-state index contributed by atoms with van der Waals surface area (Å²) < 4.78 is 0. The van der Waals surface area contributed by atoms with Crippen molar-refractivity contribution in [2.24, 2.45) is 0 Å². The molecule has 0 aliphatic rings. The normalized spacial score (nSPS) is 10.4. The second-order valence-electron chi connectivity index (χ2n) is 6.32. The summed E-state index contributed by atoms with van der Waals surface area (Å²) in [6, 6.07) is 15.7. The van der Waals surface area contributed by atoms with E-state index >= 15 is 0 Å². The Morgan fingerprint density at radius 1 is 1.15 bits per heavy atom. The molecular weight excluding hydrogens is 324 g/mol. The Hall–Kier alpha value is -3.39. The Bertz CT molecular complexity index is 1000. The number of fused-ring (bicyclic) bond motifs is 1. The third-order valence-corrected chi connectivity index (χ3v) is 4.38. The van der Waals surface area contributed by atoms with Gasteiger partial charge in [-0.3, -0.25) is 9.78 Å². The molecule has 5 heteroatoms. The van der Waals surface area contributed by atoms with Crippen molar-refractivity contribution < 1.29 is 4.79 Å². The first kappa shape index (κ1) is 17.4. The molecule has 3 rings (SSSR count). The highest BCUT2D eigenvalue weighted by Gasteiger charge is 2.16. The van der Waals surface area contributed by atoms with E-state index in [1.807, 2.05) is 63.4 Å². The number of nitriles is 1. The molecule has 0 fully saturated rings. The first-order valence-electron chi connectivity index (χ1n) is 8.36. The van der Waals surface area contributed by atoms with Crippen LogP contribution in [0, 0.1) is 25.2 Å². The van der Waals surface area contributed by atoms with Crippen molar-refractivity contribution >= 4 is 28.2 Å². The molecule has 0 radical (unpaired) electrons. The van der Waals surface area contributed by atoms with Gasteiger partial charge in [-0.1, -0.05) is 36.4 Å². The minimum Gasteiger partial charge on any atom is -0.364 e. The summed E-state index contributed by atoms with van der Waals surface area (Å²) in [6.07, 6.45) is 1.55. The van der Waals surface area contributed by atoms with Crippen LogP contribution in [0.5, 0.6) is 0 Å². The van der Waals surface area contributed by atoms with E-state index in [9.17, 15) is 10.1 Å². The molecule has 0 aliphatic heterocycles. The van der Waals surface area contributed by atoms with Gasteiger partial charge >= 0.3 is 0 Å². The topological polar surface area (TPSA) is 69.0 Å². The quantitative estimate of drug-likeness (QED) is 0.781. The predicted molar refractivity (Wildman–Crippen MR) is 104 cm³/mol. The number of anilines is 2. The highest BCUT2D eigenvalue weighted by atomic mass is 16.2. The summed E-state index contributed by atoms with van der Waals surface area (Å²) in [6.45, 7) is 4.07. The highest BCUT2D eigenvalue weighted by Crippen LogP contribution is 2.28. The summed E-state index contributed by atoms with van der Waals surface area (Å²) in [5.74, 6) is -0.130. The van der Waals surface area contributed by atoms with Crippen molar-refractivity contribution in [3.8, 4) is 6.07 Å². The largest absolute Gasteiger partial charge is 0.364 e. The van der Waals surface area contributed by atoms with Crippen LogP contribution in [-0.4, -0.2) is 24.5 Å². The number of hydrogen-bond donors (Lipinski definition) is 1. The molecule has 0 saturated heterocycles. The molecule has 3 aromatic rings. The standard InChI is InChI=1S/C21H20N4O/c1-14-7-6-8-15(2)20(14)24-19(26)13-25(3)21-16(11-22)12-23-18-10-5-4-9-17(18)21/h4-10,12H,13H2,1-3H3,(H,24,26). The lowest BCUT2D eigenvalue weighted by Crippen LogP contribution is -2.31. The Morgan fingerprint density at radius 2 is 1.85 bits per heavy atom. The average molecular weight is 344 g/mol. The number of carbonyl (C=O) groups excluding carboxylic acids is 1. The van der Waals surface area contributed by atoms with E-state index in [2.05, 4.69) is 16.4 Å². The van der Waals surface area contributed by atoms with Crippen LogP contribution in [-0.2, 0) is 4.79 Å². The summed E-state index contributed by atoms with van der Waals surface area (Å²) in [5.41, 5.74) is 4.84. The average Bonchev–Trinajstić information content (AvgIpc) is 2.63. The molecule has 1 aromatic heterocycles. The van der Waals surface area contributed by atoms with Crippen LogP contribution in [0.1, 0.15) is 16.7 Å². The minimum atomic E-state index is -0.130. The number of aromatic nitrogens is 1. The lowest BCUT2D eigenvalue weighted by molar-refractivity contribution is -0.114. The summed E-state index contributed by atoms with van der Waals surface area (Å²) in [7, 11) is 1.81. The molecule has 5 nitrogen and oxygen atoms in total. The van der Waals surface area contributed by atoms with Crippen LogP contribution < -0.4 is 10.2 Å². The maximum absolute atomic E-state index is 12.6. The monoisotopic (exact) mass is 344 g/mol. The number of aryl methyl sites for hydroxylation is 2. The van der Waals surface area contributed by atoms with Crippen molar-refractivity contribution in [2.75, 3.05) is 23.8 Å². The van der Waals surface area contributed by atoms with Gasteiger partial charge in [0.15, 0.2) is 0 Å². The van der Waals surface area contributed by atoms with Gasteiger partial charge in [-0.2, -0.15) is 5.26 Å². The number of rotatable bonds is 4. The van der Waals surface area contributed by atoms with Gasteiger partial charge in [0.1, 0.15) is 6.07 Å². The summed E-state index contributed by atoms with van der Waals surface area (Å²) in [5, 5.41) is 13.3. The predicted octanol–water partition coefficient (Wildman–Crippen LogP) is 3.80. The number of pyridine rings is 1. The number of amides is 1. The number of likely N-dealkylation sites (N-methyl/N-ethyl adjacent to an activating group) is 1. The number of para-hydroxylation sites is 2. The van der Waals surface area contributed by atoms with E-state index < -0.39 is 0 Å². The molecule has 130 valence electrons. The Labute approximate surface area is 152 Å². The number of benzene rings is 2. The molecular formula is C21H20N4O. The van der Waals surface area contributed by atoms with Crippen molar-refractivity contribution in [1.29, 1.82) is 5.26 Å². The van der Waals surface area contributed by atoms with E-state index in [0.717, 1.165) is 33.4 Å². The molecule has 1 heterocycles. The van der Waals surface area contributed by atoms with Crippen molar-refractivity contribution in [3.63, 3.8) is 0 Å². The third kappa shape index (κ3) is 3.35. The Kier molecular flexibility index (Phi) is 4.85. The molecule has 1 amide bonds. The molecule has 2 aromatic carbocycles. The second-order valence-corrected chi connectivity index (χ2v) is 6.32. The number of carbonyl (C=O) groups is 1. The Balaban J connectivity index is 1.89. The van der Waals surface area contributed by atoms with Crippen LogP contribution in [0.15, 0.2) is 48.7 Å². The van der Waals surface area contributed by atoms with Gasteiger partial charge < -0.3 is 10.2 Å². The van der Waals surface area contributed by atoms with Gasteiger partial charge in [0.05, 0.1) is 23.3 Å².